The van der Waals surface area contributed by atoms with Gasteiger partial charge in [0.1, 0.15) is 12.4 Å². The first-order chi connectivity index (χ1) is 10.8. The number of likely N-dealkylation sites (tertiary alicyclic amines) is 1. The van der Waals surface area contributed by atoms with Crippen molar-refractivity contribution in [1.29, 1.82) is 0 Å². The minimum absolute atomic E-state index is 0. The van der Waals surface area contributed by atoms with Crippen LogP contribution in [0.1, 0.15) is 21.7 Å². The smallest absolute Gasteiger partial charge is 0.253 e. The highest BCUT2D eigenvalue weighted by Gasteiger charge is 2.26. The highest BCUT2D eigenvalue weighted by molar-refractivity contribution is 7.09. The monoisotopic (exact) mass is 352 g/mol. The van der Waals surface area contributed by atoms with Gasteiger partial charge in [-0.05, 0) is 48.5 Å². The van der Waals surface area contributed by atoms with Gasteiger partial charge in [-0.25, -0.2) is 0 Å². The van der Waals surface area contributed by atoms with Gasteiger partial charge in [0.25, 0.3) is 5.91 Å². The quantitative estimate of drug-likeness (QED) is 0.899. The van der Waals surface area contributed by atoms with Crippen LogP contribution in [0, 0.1) is 5.92 Å². The number of nitrogens with two attached hydrogens (primary N) is 1. The Balaban J connectivity index is 0.00000192. The van der Waals surface area contributed by atoms with Gasteiger partial charge in [0, 0.05) is 23.5 Å². The van der Waals surface area contributed by atoms with E-state index in [-0.39, 0.29) is 18.3 Å². The molecule has 0 radical (unpaired) electrons. The van der Waals surface area contributed by atoms with E-state index in [2.05, 4.69) is 0 Å². The standard InChI is InChI=1S/C17H20N2O2S.ClH/c18-10-13-6-7-19(11-13)17(20)14-3-1-4-15(9-14)21-12-16-5-2-8-22-16;/h1-5,8-9,13H,6-7,10-12,18H2;1H. The van der Waals surface area contributed by atoms with Gasteiger partial charge in [-0.15, -0.1) is 23.7 Å². The molecule has 1 saturated heterocycles. The second-order valence-corrected chi connectivity index (χ2v) is 6.57. The van der Waals surface area contributed by atoms with Crippen LogP contribution in [0.3, 0.4) is 0 Å². The third kappa shape index (κ3) is 4.47. The van der Waals surface area contributed by atoms with Crippen molar-refractivity contribution in [2.45, 2.75) is 13.0 Å². The molecular weight excluding hydrogens is 332 g/mol. The zero-order chi connectivity index (χ0) is 15.4. The molecule has 2 N–H and O–H groups in total. The third-order valence-electron chi connectivity index (χ3n) is 3.95. The van der Waals surface area contributed by atoms with E-state index < -0.39 is 0 Å². The normalized spacial score (nSPS) is 16.9. The lowest BCUT2D eigenvalue weighted by Crippen LogP contribution is -2.29. The molecule has 1 atom stereocenters. The van der Waals surface area contributed by atoms with Crippen LogP contribution in [0.5, 0.6) is 5.75 Å². The van der Waals surface area contributed by atoms with E-state index >= 15 is 0 Å². The van der Waals surface area contributed by atoms with Crippen LogP contribution in [0.4, 0.5) is 0 Å². The Morgan fingerprint density at radius 3 is 2.91 bits per heavy atom. The molecule has 1 aliphatic rings. The van der Waals surface area contributed by atoms with Crippen molar-refractivity contribution in [1.82, 2.24) is 4.90 Å². The fourth-order valence-corrected chi connectivity index (χ4v) is 3.28. The molecule has 0 spiro atoms. The summed E-state index contributed by atoms with van der Waals surface area (Å²) in [4.78, 5) is 15.6. The van der Waals surface area contributed by atoms with E-state index in [0.29, 0.717) is 24.6 Å². The molecule has 1 amide bonds. The van der Waals surface area contributed by atoms with Crippen molar-refractivity contribution >= 4 is 29.7 Å². The van der Waals surface area contributed by atoms with E-state index in [1.54, 1.807) is 11.3 Å². The summed E-state index contributed by atoms with van der Waals surface area (Å²) in [6.45, 7) is 2.73. The molecule has 2 heterocycles. The number of nitrogens with zero attached hydrogens (tertiary/aromatic N) is 1. The first-order valence-electron chi connectivity index (χ1n) is 7.51. The van der Waals surface area contributed by atoms with Crippen LogP contribution in [0.2, 0.25) is 0 Å². The highest BCUT2D eigenvalue weighted by Crippen LogP contribution is 2.21. The van der Waals surface area contributed by atoms with Crippen LogP contribution in [-0.2, 0) is 6.61 Å². The van der Waals surface area contributed by atoms with Gasteiger partial charge in [-0.2, -0.15) is 0 Å². The molecule has 1 fully saturated rings. The number of hydrogen-bond donors (Lipinski definition) is 1. The molecule has 0 bridgehead atoms. The lowest BCUT2D eigenvalue weighted by atomic mass is 10.1. The molecule has 4 nitrogen and oxygen atoms in total. The number of carbonyl (C=O) groups is 1. The molecule has 1 unspecified atom stereocenters. The largest absolute Gasteiger partial charge is 0.488 e. The molecule has 1 aromatic carbocycles. The molecule has 0 aliphatic carbocycles. The second kappa shape index (κ2) is 8.34. The topological polar surface area (TPSA) is 55.6 Å². The van der Waals surface area contributed by atoms with Crippen molar-refractivity contribution in [2.75, 3.05) is 19.6 Å². The Bertz CT molecular complexity index is 633. The summed E-state index contributed by atoms with van der Waals surface area (Å²) in [6.07, 6.45) is 0.997. The molecule has 3 rings (SSSR count). The first-order valence-corrected chi connectivity index (χ1v) is 8.39. The summed E-state index contributed by atoms with van der Waals surface area (Å²) < 4.78 is 5.77. The molecular formula is C17H21ClN2O2S. The number of benzene rings is 1. The number of ether oxygens (including phenoxy) is 1. The van der Waals surface area contributed by atoms with Crippen molar-refractivity contribution in [2.24, 2.45) is 11.7 Å². The lowest BCUT2D eigenvalue weighted by molar-refractivity contribution is 0.0787. The zero-order valence-electron chi connectivity index (χ0n) is 12.8. The minimum atomic E-state index is 0. The van der Waals surface area contributed by atoms with Crippen molar-refractivity contribution in [3.8, 4) is 5.75 Å². The average molecular weight is 353 g/mol. The molecule has 1 aromatic heterocycles. The number of halogens is 1. The Labute approximate surface area is 146 Å². The Kier molecular flexibility index (Phi) is 6.45. The summed E-state index contributed by atoms with van der Waals surface area (Å²) in [6, 6.07) is 11.5. The van der Waals surface area contributed by atoms with E-state index in [0.717, 1.165) is 25.3 Å². The maximum Gasteiger partial charge on any atom is 0.253 e. The molecule has 23 heavy (non-hydrogen) atoms. The molecule has 2 aromatic rings. The molecule has 0 saturated carbocycles. The number of hydrogen-bond acceptors (Lipinski definition) is 4. The Morgan fingerprint density at radius 1 is 1.35 bits per heavy atom. The maximum absolute atomic E-state index is 12.5. The molecule has 124 valence electrons. The van der Waals surface area contributed by atoms with Crippen LogP contribution in [-0.4, -0.2) is 30.4 Å². The van der Waals surface area contributed by atoms with Gasteiger partial charge >= 0.3 is 0 Å². The highest BCUT2D eigenvalue weighted by atomic mass is 35.5. The van der Waals surface area contributed by atoms with Crippen LogP contribution in [0.15, 0.2) is 41.8 Å². The van der Waals surface area contributed by atoms with Gasteiger partial charge in [-0.3, -0.25) is 4.79 Å². The zero-order valence-corrected chi connectivity index (χ0v) is 14.4. The summed E-state index contributed by atoms with van der Waals surface area (Å²) in [5.74, 6) is 1.23. The SMILES string of the molecule is Cl.NCC1CCN(C(=O)c2cccc(OCc3cccs3)c2)C1. The third-order valence-corrected chi connectivity index (χ3v) is 4.80. The average Bonchev–Trinajstić information content (AvgIpc) is 3.24. The van der Waals surface area contributed by atoms with Gasteiger partial charge in [0.15, 0.2) is 0 Å². The van der Waals surface area contributed by atoms with Crippen molar-refractivity contribution < 1.29 is 9.53 Å². The van der Waals surface area contributed by atoms with E-state index in [1.807, 2.05) is 46.7 Å². The number of carbonyl (C=O) groups excluding carboxylic acids is 1. The Hall–Kier alpha value is -1.56. The summed E-state index contributed by atoms with van der Waals surface area (Å²) in [5.41, 5.74) is 6.37. The van der Waals surface area contributed by atoms with Gasteiger partial charge in [0.2, 0.25) is 0 Å². The Morgan fingerprint density at radius 2 is 2.22 bits per heavy atom. The number of rotatable bonds is 5. The van der Waals surface area contributed by atoms with Crippen LogP contribution < -0.4 is 10.5 Å². The summed E-state index contributed by atoms with van der Waals surface area (Å²) in [7, 11) is 0. The number of amides is 1. The van der Waals surface area contributed by atoms with Crippen LogP contribution in [0.25, 0.3) is 0 Å². The summed E-state index contributed by atoms with van der Waals surface area (Å²) >= 11 is 1.66. The van der Waals surface area contributed by atoms with E-state index in [9.17, 15) is 4.79 Å². The predicted octanol–water partition coefficient (Wildman–Crippen LogP) is 3.17. The van der Waals surface area contributed by atoms with Gasteiger partial charge in [-0.1, -0.05) is 12.1 Å². The maximum atomic E-state index is 12.5. The van der Waals surface area contributed by atoms with Crippen LogP contribution >= 0.6 is 23.7 Å². The lowest BCUT2D eigenvalue weighted by Gasteiger charge is -2.16. The van der Waals surface area contributed by atoms with Gasteiger partial charge in [0.05, 0.1) is 0 Å². The van der Waals surface area contributed by atoms with Crippen molar-refractivity contribution in [3.63, 3.8) is 0 Å². The minimum Gasteiger partial charge on any atom is -0.488 e. The first kappa shape index (κ1) is 17.8. The van der Waals surface area contributed by atoms with E-state index in [4.69, 9.17) is 10.5 Å². The summed E-state index contributed by atoms with van der Waals surface area (Å²) in [5, 5.41) is 2.03. The molecule has 6 heteroatoms. The van der Waals surface area contributed by atoms with E-state index in [1.165, 1.54) is 4.88 Å². The van der Waals surface area contributed by atoms with Gasteiger partial charge < -0.3 is 15.4 Å². The fourth-order valence-electron chi connectivity index (χ4n) is 2.66. The number of thiophene rings is 1. The molecule has 1 aliphatic heterocycles. The predicted molar refractivity (Wildman–Crippen MR) is 95.4 cm³/mol. The fraction of sp³-hybridized carbons (Fsp3) is 0.353. The van der Waals surface area contributed by atoms with Crippen molar-refractivity contribution in [3.05, 3.63) is 52.2 Å². The second-order valence-electron chi connectivity index (χ2n) is 5.54.